The van der Waals surface area contributed by atoms with Crippen molar-refractivity contribution in [2.45, 2.75) is 26.7 Å². The Morgan fingerprint density at radius 2 is 2.08 bits per heavy atom. The normalized spacial score (nSPS) is 10.2. The van der Waals surface area contributed by atoms with Gasteiger partial charge in [0, 0.05) is 12.1 Å². The van der Waals surface area contributed by atoms with Gasteiger partial charge in [-0.2, -0.15) is 0 Å². The molecule has 12 heavy (non-hydrogen) atoms. The van der Waals surface area contributed by atoms with E-state index in [0.29, 0.717) is 4.64 Å². The smallest absolute Gasteiger partial charge is 0.144 e. The van der Waals surface area contributed by atoms with E-state index < -0.39 is 0 Å². The first-order valence-corrected chi connectivity index (χ1v) is 5.16. The van der Waals surface area contributed by atoms with E-state index in [-0.39, 0.29) is 0 Å². The van der Waals surface area contributed by atoms with Crippen LogP contribution in [0.3, 0.4) is 0 Å². The average molecular weight is 247 g/mol. The Kier molecular flexibility index (Phi) is 3.40. The van der Waals surface area contributed by atoms with E-state index in [0.717, 1.165) is 28.8 Å². The largest absolute Gasteiger partial charge is 0.346 e. The molecule has 0 amide bonds. The van der Waals surface area contributed by atoms with Gasteiger partial charge in [0.1, 0.15) is 10.5 Å². The highest BCUT2D eigenvalue weighted by Crippen LogP contribution is 2.15. The summed E-state index contributed by atoms with van der Waals surface area (Å²) in [6.45, 7) is 4.14. The van der Waals surface area contributed by atoms with Crippen LogP contribution in [0.5, 0.6) is 0 Å². The topological polar surface area (TPSA) is 28.7 Å². The predicted molar refractivity (Wildman–Crippen MR) is 55.9 cm³/mol. The van der Waals surface area contributed by atoms with Gasteiger partial charge in [-0.25, -0.2) is 4.98 Å². The molecule has 4 heteroatoms. The van der Waals surface area contributed by atoms with Crippen molar-refractivity contribution < 1.29 is 0 Å². The zero-order valence-corrected chi connectivity index (χ0v) is 9.55. The molecule has 0 fully saturated rings. The Morgan fingerprint density at radius 3 is 2.58 bits per heavy atom. The second kappa shape index (κ2) is 4.14. The Balaban J connectivity index is 3.29. The third-order valence-electron chi connectivity index (χ3n) is 1.67. The number of aromatic nitrogens is 2. The van der Waals surface area contributed by atoms with E-state index in [2.05, 4.69) is 39.7 Å². The maximum Gasteiger partial charge on any atom is 0.144 e. The molecule has 1 aromatic rings. The highest BCUT2D eigenvalue weighted by molar-refractivity contribution is 9.10. The van der Waals surface area contributed by atoms with Crippen molar-refractivity contribution in [3.8, 4) is 0 Å². The molecule has 0 unspecified atom stereocenters. The fraction of sp³-hybridized carbons (Fsp3) is 0.500. The van der Waals surface area contributed by atoms with Crippen molar-refractivity contribution >= 4 is 28.1 Å². The summed E-state index contributed by atoms with van der Waals surface area (Å²) in [7, 11) is 0. The molecule has 0 aromatic carbocycles. The van der Waals surface area contributed by atoms with Crippen LogP contribution in [0.15, 0.2) is 4.47 Å². The van der Waals surface area contributed by atoms with Crippen molar-refractivity contribution in [2.24, 2.45) is 0 Å². The van der Waals surface area contributed by atoms with E-state index in [4.69, 9.17) is 12.2 Å². The summed E-state index contributed by atoms with van der Waals surface area (Å²) in [5.41, 5.74) is 1.13. The zero-order valence-electron chi connectivity index (χ0n) is 7.15. The molecule has 0 aliphatic carbocycles. The number of halogens is 1. The minimum Gasteiger partial charge on any atom is -0.346 e. The zero-order chi connectivity index (χ0) is 9.14. The van der Waals surface area contributed by atoms with Gasteiger partial charge in [-0.3, -0.25) is 0 Å². The second-order valence-electron chi connectivity index (χ2n) is 2.49. The van der Waals surface area contributed by atoms with Crippen molar-refractivity contribution in [3.05, 3.63) is 20.6 Å². The monoisotopic (exact) mass is 246 g/mol. The summed E-state index contributed by atoms with van der Waals surface area (Å²) in [5, 5.41) is 0. The maximum absolute atomic E-state index is 5.08. The minimum absolute atomic E-state index is 0.655. The van der Waals surface area contributed by atoms with Gasteiger partial charge in [0.15, 0.2) is 0 Å². The lowest BCUT2D eigenvalue weighted by Gasteiger charge is -2.04. The van der Waals surface area contributed by atoms with Gasteiger partial charge in [-0.05, 0) is 22.4 Å². The van der Waals surface area contributed by atoms with Crippen LogP contribution in [0.2, 0.25) is 0 Å². The highest BCUT2D eigenvalue weighted by atomic mass is 79.9. The van der Waals surface area contributed by atoms with E-state index >= 15 is 0 Å². The van der Waals surface area contributed by atoms with Crippen LogP contribution in [-0.4, -0.2) is 9.97 Å². The van der Waals surface area contributed by atoms with Gasteiger partial charge in [0.2, 0.25) is 0 Å². The molecular weight excluding hydrogens is 236 g/mol. The molecule has 1 heterocycles. The number of hydrogen-bond acceptors (Lipinski definition) is 2. The third-order valence-corrected chi connectivity index (χ3v) is 3.08. The number of nitrogens with zero attached hydrogens (tertiary/aromatic N) is 1. The van der Waals surface area contributed by atoms with E-state index in [9.17, 15) is 0 Å². The molecule has 0 bridgehead atoms. The summed E-state index contributed by atoms with van der Waals surface area (Å²) in [4.78, 5) is 7.44. The molecule has 0 saturated carbocycles. The van der Waals surface area contributed by atoms with Gasteiger partial charge in [-0.15, -0.1) is 0 Å². The summed E-state index contributed by atoms with van der Waals surface area (Å²) in [6, 6.07) is 0. The molecule has 0 spiro atoms. The summed E-state index contributed by atoms with van der Waals surface area (Å²) in [6.07, 6.45) is 1.84. The van der Waals surface area contributed by atoms with Crippen molar-refractivity contribution in [3.63, 3.8) is 0 Å². The molecule has 0 saturated heterocycles. The lowest BCUT2D eigenvalue weighted by molar-refractivity contribution is 0.872. The first-order chi connectivity index (χ1) is 5.69. The van der Waals surface area contributed by atoms with Crippen LogP contribution in [0.25, 0.3) is 0 Å². The van der Waals surface area contributed by atoms with Gasteiger partial charge in [0.05, 0.1) is 4.47 Å². The molecular formula is C8H11BrN2S. The van der Waals surface area contributed by atoms with Gasteiger partial charge in [-0.1, -0.05) is 26.1 Å². The fourth-order valence-electron chi connectivity index (χ4n) is 0.969. The fourth-order valence-corrected chi connectivity index (χ4v) is 1.67. The SMILES string of the molecule is CCc1nc(=S)c(Br)c(CC)[nH]1. The number of aromatic amines is 1. The van der Waals surface area contributed by atoms with Crippen molar-refractivity contribution in [1.29, 1.82) is 0 Å². The Hall–Kier alpha value is -0.220. The van der Waals surface area contributed by atoms with Crippen LogP contribution in [0.4, 0.5) is 0 Å². The van der Waals surface area contributed by atoms with E-state index in [1.54, 1.807) is 0 Å². The second-order valence-corrected chi connectivity index (χ2v) is 3.67. The number of H-pyrrole nitrogens is 1. The molecule has 2 nitrogen and oxygen atoms in total. The van der Waals surface area contributed by atoms with Gasteiger partial charge in [0.25, 0.3) is 0 Å². The molecule has 0 atom stereocenters. The minimum atomic E-state index is 0.655. The van der Waals surface area contributed by atoms with Crippen LogP contribution in [-0.2, 0) is 12.8 Å². The van der Waals surface area contributed by atoms with Gasteiger partial charge < -0.3 is 4.98 Å². The Morgan fingerprint density at radius 1 is 1.42 bits per heavy atom. The molecule has 0 aliphatic rings. The first kappa shape index (κ1) is 9.86. The highest BCUT2D eigenvalue weighted by Gasteiger charge is 2.02. The van der Waals surface area contributed by atoms with Crippen LogP contribution >= 0.6 is 28.1 Å². The van der Waals surface area contributed by atoms with Crippen LogP contribution < -0.4 is 0 Å². The lowest BCUT2D eigenvalue weighted by atomic mass is 10.3. The number of rotatable bonds is 2. The summed E-state index contributed by atoms with van der Waals surface area (Å²) in [5.74, 6) is 0.958. The molecule has 1 rings (SSSR count). The van der Waals surface area contributed by atoms with Gasteiger partial charge >= 0.3 is 0 Å². The Bertz CT molecular complexity index is 332. The number of aryl methyl sites for hydroxylation is 2. The average Bonchev–Trinajstić information content (AvgIpc) is 2.09. The van der Waals surface area contributed by atoms with Crippen LogP contribution in [0.1, 0.15) is 25.4 Å². The Labute approximate surface area is 85.6 Å². The lowest BCUT2D eigenvalue weighted by Crippen LogP contribution is -1.99. The standard InChI is InChI=1S/C8H11BrN2S/c1-3-5-7(9)8(12)11-6(4-2)10-5/h3-4H2,1-2H3,(H,10,11,12). The first-order valence-electron chi connectivity index (χ1n) is 3.96. The number of hydrogen-bond donors (Lipinski definition) is 1. The van der Waals surface area contributed by atoms with Crippen molar-refractivity contribution in [1.82, 2.24) is 9.97 Å². The molecule has 1 N–H and O–H groups in total. The third kappa shape index (κ3) is 1.93. The molecule has 1 aromatic heterocycles. The van der Waals surface area contributed by atoms with E-state index in [1.807, 2.05) is 0 Å². The quantitative estimate of drug-likeness (QED) is 0.814. The summed E-state index contributed by atoms with van der Waals surface area (Å²) < 4.78 is 1.58. The molecule has 0 aliphatic heterocycles. The van der Waals surface area contributed by atoms with E-state index in [1.165, 1.54) is 0 Å². The summed E-state index contributed by atoms with van der Waals surface area (Å²) >= 11 is 8.49. The molecule has 0 radical (unpaired) electrons. The van der Waals surface area contributed by atoms with Crippen molar-refractivity contribution in [2.75, 3.05) is 0 Å². The van der Waals surface area contributed by atoms with Crippen LogP contribution in [0, 0.1) is 4.64 Å². The number of nitrogens with one attached hydrogen (secondary N) is 1. The molecule has 66 valence electrons. The predicted octanol–water partition coefficient (Wildman–Crippen LogP) is 3.03. The maximum atomic E-state index is 5.08.